The molecule has 168 valence electrons. The maximum absolute atomic E-state index is 13.0. The van der Waals surface area contributed by atoms with Gasteiger partial charge in [0.25, 0.3) is 0 Å². The summed E-state index contributed by atoms with van der Waals surface area (Å²) in [5, 5.41) is 2.96. The number of ether oxygens (including phenoxy) is 2. The van der Waals surface area contributed by atoms with Crippen LogP contribution in [0.3, 0.4) is 0 Å². The number of nitrogens with zero attached hydrogens (tertiary/aromatic N) is 1. The molecule has 0 radical (unpaired) electrons. The number of carbonyl (C=O) groups excluding carboxylic acids is 2. The standard InChI is InChI=1S/C27H26N2O4/c1-19-24(26(30)32-2)25(28-27(31)29(19)17-20-9-5-3-6-10-20)22-13-15-23(16-14-22)33-18-21-11-7-4-8-12-21/h3-16,25H,17-18H2,1-2H3,(H,28,31)/t25-/m1/s1. The molecule has 1 aliphatic rings. The monoisotopic (exact) mass is 442 g/mol. The van der Waals surface area contributed by atoms with Crippen LogP contribution in [0.5, 0.6) is 5.75 Å². The summed E-state index contributed by atoms with van der Waals surface area (Å²) in [6, 6.07) is 26.1. The second kappa shape index (κ2) is 10.0. The molecule has 1 atom stereocenters. The molecular weight excluding hydrogens is 416 g/mol. The Morgan fingerprint density at radius 2 is 1.52 bits per heavy atom. The van der Waals surface area contributed by atoms with Crippen molar-refractivity contribution >= 4 is 12.0 Å². The SMILES string of the molecule is COC(=O)C1=C(C)N(Cc2ccccc2)C(=O)N[C@@H]1c1ccc(OCc2ccccc2)cc1. The molecule has 0 fully saturated rings. The van der Waals surface area contributed by atoms with E-state index in [1.54, 1.807) is 11.8 Å². The van der Waals surface area contributed by atoms with E-state index >= 15 is 0 Å². The number of carbonyl (C=O) groups is 2. The minimum absolute atomic E-state index is 0.265. The van der Waals surface area contributed by atoms with Gasteiger partial charge in [0.15, 0.2) is 0 Å². The van der Waals surface area contributed by atoms with E-state index in [0.29, 0.717) is 30.2 Å². The van der Waals surface area contributed by atoms with Crippen LogP contribution in [-0.4, -0.2) is 24.0 Å². The Bertz CT molecular complexity index is 1140. The highest BCUT2D eigenvalue weighted by molar-refractivity contribution is 5.95. The summed E-state index contributed by atoms with van der Waals surface area (Å²) in [5.41, 5.74) is 3.80. The van der Waals surface area contributed by atoms with E-state index in [1.165, 1.54) is 7.11 Å². The lowest BCUT2D eigenvalue weighted by atomic mass is 9.94. The summed E-state index contributed by atoms with van der Waals surface area (Å²) < 4.78 is 10.9. The number of benzene rings is 3. The van der Waals surface area contributed by atoms with Crippen LogP contribution in [-0.2, 0) is 22.7 Å². The van der Waals surface area contributed by atoms with Gasteiger partial charge in [-0.2, -0.15) is 0 Å². The Labute approximate surface area is 193 Å². The van der Waals surface area contributed by atoms with Gasteiger partial charge in [-0.15, -0.1) is 0 Å². The van der Waals surface area contributed by atoms with Gasteiger partial charge in [0, 0.05) is 5.70 Å². The maximum Gasteiger partial charge on any atom is 0.337 e. The average molecular weight is 443 g/mol. The number of methoxy groups -OCH3 is 1. The predicted molar refractivity (Wildman–Crippen MR) is 125 cm³/mol. The minimum Gasteiger partial charge on any atom is -0.489 e. The highest BCUT2D eigenvalue weighted by Gasteiger charge is 2.36. The van der Waals surface area contributed by atoms with Gasteiger partial charge in [-0.3, -0.25) is 4.90 Å². The number of allylic oxidation sites excluding steroid dienone is 1. The number of nitrogens with one attached hydrogen (secondary N) is 1. The van der Waals surface area contributed by atoms with Crippen molar-refractivity contribution in [2.24, 2.45) is 0 Å². The molecule has 0 aromatic heterocycles. The van der Waals surface area contributed by atoms with E-state index in [0.717, 1.165) is 16.7 Å². The fourth-order valence-corrected chi connectivity index (χ4v) is 3.86. The molecule has 3 aromatic rings. The van der Waals surface area contributed by atoms with Crippen molar-refractivity contribution in [3.63, 3.8) is 0 Å². The van der Waals surface area contributed by atoms with E-state index in [-0.39, 0.29) is 6.03 Å². The molecule has 0 saturated carbocycles. The third-order valence-corrected chi connectivity index (χ3v) is 5.65. The highest BCUT2D eigenvalue weighted by atomic mass is 16.5. The first kappa shape index (κ1) is 22.1. The highest BCUT2D eigenvalue weighted by Crippen LogP contribution is 2.33. The minimum atomic E-state index is -0.611. The Balaban J connectivity index is 1.57. The van der Waals surface area contributed by atoms with Gasteiger partial charge in [0.1, 0.15) is 12.4 Å². The van der Waals surface area contributed by atoms with Gasteiger partial charge in [-0.05, 0) is 35.7 Å². The summed E-state index contributed by atoms with van der Waals surface area (Å²) in [4.78, 5) is 27.3. The molecule has 3 aromatic carbocycles. The zero-order valence-corrected chi connectivity index (χ0v) is 18.7. The van der Waals surface area contributed by atoms with Crippen LogP contribution in [0, 0.1) is 0 Å². The van der Waals surface area contributed by atoms with E-state index in [2.05, 4.69) is 5.32 Å². The van der Waals surface area contributed by atoms with Crippen molar-refractivity contribution in [1.82, 2.24) is 10.2 Å². The molecule has 0 spiro atoms. The number of hydrogen-bond donors (Lipinski definition) is 1. The zero-order chi connectivity index (χ0) is 23.2. The van der Waals surface area contributed by atoms with Gasteiger partial charge in [0.05, 0.1) is 25.3 Å². The van der Waals surface area contributed by atoms with E-state index in [4.69, 9.17) is 9.47 Å². The smallest absolute Gasteiger partial charge is 0.337 e. The first-order valence-corrected chi connectivity index (χ1v) is 10.7. The van der Waals surface area contributed by atoms with Crippen LogP contribution in [0.4, 0.5) is 4.79 Å². The quantitative estimate of drug-likeness (QED) is 0.524. The summed E-state index contributed by atoms with van der Waals surface area (Å²) in [6.45, 7) is 2.59. The normalized spacial score (nSPS) is 15.8. The number of hydrogen-bond acceptors (Lipinski definition) is 4. The van der Waals surface area contributed by atoms with Crippen molar-refractivity contribution < 1.29 is 19.1 Å². The van der Waals surface area contributed by atoms with Crippen LogP contribution >= 0.6 is 0 Å². The van der Waals surface area contributed by atoms with Gasteiger partial charge in [-0.25, -0.2) is 9.59 Å². The molecule has 6 nitrogen and oxygen atoms in total. The number of urea groups is 1. The Hall–Kier alpha value is -4.06. The van der Waals surface area contributed by atoms with Gasteiger partial charge >= 0.3 is 12.0 Å². The molecule has 0 aliphatic carbocycles. The largest absolute Gasteiger partial charge is 0.489 e. The van der Waals surface area contributed by atoms with E-state index in [9.17, 15) is 9.59 Å². The van der Waals surface area contributed by atoms with Crippen LogP contribution in [0.2, 0.25) is 0 Å². The first-order chi connectivity index (χ1) is 16.1. The van der Waals surface area contributed by atoms with Crippen molar-refractivity contribution in [1.29, 1.82) is 0 Å². The fourth-order valence-electron chi connectivity index (χ4n) is 3.86. The van der Waals surface area contributed by atoms with E-state index < -0.39 is 12.0 Å². The number of amides is 2. The average Bonchev–Trinajstić information content (AvgIpc) is 2.86. The summed E-state index contributed by atoms with van der Waals surface area (Å²) in [5.74, 6) is 0.232. The van der Waals surface area contributed by atoms with Gasteiger partial charge < -0.3 is 14.8 Å². The van der Waals surface area contributed by atoms with Crippen LogP contribution in [0.1, 0.15) is 29.7 Å². The molecule has 6 heteroatoms. The lowest BCUT2D eigenvalue weighted by molar-refractivity contribution is -0.136. The molecule has 0 unspecified atom stereocenters. The van der Waals surface area contributed by atoms with Crippen LogP contribution < -0.4 is 10.1 Å². The summed E-state index contributed by atoms with van der Waals surface area (Å²) in [7, 11) is 1.35. The van der Waals surface area contributed by atoms with Crippen LogP contribution in [0.25, 0.3) is 0 Å². The van der Waals surface area contributed by atoms with Gasteiger partial charge in [0.2, 0.25) is 0 Å². The predicted octanol–water partition coefficient (Wildman–Crippen LogP) is 4.98. The Kier molecular flexibility index (Phi) is 6.74. The van der Waals surface area contributed by atoms with Crippen molar-refractivity contribution in [3.05, 3.63) is 113 Å². The summed E-state index contributed by atoms with van der Waals surface area (Å²) in [6.07, 6.45) is 0. The molecule has 4 rings (SSSR count). The lowest BCUT2D eigenvalue weighted by Gasteiger charge is -2.35. The molecular formula is C27H26N2O4. The molecule has 33 heavy (non-hydrogen) atoms. The van der Waals surface area contributed by atoms with E-state index in [1.807, 2.05) is 84.9 Å². The van der Waals surface area contributed by atoms with Crippen molar-refractivity contribution in [2.45, 2.75) is 26.1 Å². The third kappa shape index (κ3) is 5.06. The zero-order valence-electron chi connectivity index (χ0n) is 18.7. The second-order valence-electron chi connectivity index (χ2n) is 7.79. The molecule has 0 saturated heterocycles. The molecule has 0 bridgehead atoms. The summed E-state index contributed by atoms with van der Waals surface area (Å²) >= 11 is 0. The molecule has 2 amide bonds. The second-order valence-corrected chi connectivity index (χ2v) is 7.79. The number of rotatable bonds is 7. The maximum atomic E-state index is 13.0. The fraction of sp³-hybridized carbons (Fsp3) is 0.185. The van der Waals surface area contributed by atoms with Crippen molar-refractivity contribution in [3.8, 4) is 5.75 Å². The van der Waals surface area contributed by atoms with Gasteiger partial charge in [-0.1, -0.05) is 72.8 Å². The van der Waals surface area contributed by atoms with Crippen molar-refractivity contribution in [2.75, 3.05) is 7.11 Å². The van der Waals surface area contributed by atoms with Crippen LogP contribution in [0.15, 0.2) is 96.2 Å². The molecule has 1 aliphatic heterocycles. The third-order valence-electron chi connectivity index (χ3n) is 5.65. The number of esters is 1. The lowest BCUT2D eigenvalue weighted by Crippen LogP contribution is -2.47. The molecule has 1 heterocycles. The Morgan fingerprint density at radius 3 is 2.12 bits per heavy atom. The Morgan fingerprint density at radius 1 is 0.909 bits per heavy atom. The first-order valence-electron chi connectivity index (χ1n) is 10.7. The molecule has 1 N–H and O–H groups in total. The topological polar surface area (TPSA) is 67.9 Å².